The SMILES string of the molecule is Cc1ccc(-c2nc(-c3ccc(OCc4ccc(Cl)cc4)cc3)[nH]c2C(=O)Nc2nccs2)cc1. The second-order valence-electron chi connectivity index (χ2n) is 7.91. The average Bonchev–Trinajstić information content (AvgIpc) is 3.55. The van der Waals surface area contributed by atoms with Gasteiger partial charge in [-0.1, -0.05) is 53.6 Å². The molecule has 0 bridgehead atoms. The maximum Gasteiger partial charge on any atom is 0.276 e. The molecule has 0 aliphatic rings. The number of benzene rings is 3. The van der Waals surface area contributed by atoms with Crippen molar-refractivity contribution in [2.45, 2.75) is 13.5 Å². The predicted molar refractivity (Wildman–Crippen MR) is 140 cm³/mol. The molecular formula is C27H21ClN4O2S. The summed E-state index contributed by atoms with van der Waals surface area (Å²) in [6.45, 7) is 2.46. The first-order valence-corrected chi connectivity index (χ1v) is 12.2. The van der Waals surface area contributed by atoms with Gasteiger partial charge in [0.2, 0.25) is 0 Å². The summed E-state index contributed by atoms with van der Waals surface area (Å²) in [5, 5.41) is 5.88. The number of amides is 1. The lowest BCUT2D eigenvalue weighted by Gasteiger charge is -2.07. The standard InChI is InChI=1S/C27H21ClN4O2S/c1-17-2-6-19(7-3-17)23-24(26(33)32-27-29-14-15-35-27)31-25(30-23)20-8-12-22(13-9-20)34-16-18-4-10-21(28)11-5-18/h2-15H,16H2,1H3,(H,30,31)(H,29,32,33). The van der Waals surface area contributed by atoms with E-state index in [0.717, 1.165) is 28.0 Å². The molecule has 0 fully saturated rings. The number of hydrogen-bond acceptors (Lipinski definition) is 5. The van der Waals surface area contributed by atoms with Gasteiger partial charge in [-0.2, -0.15) is 0 Å². The van der Waals surface area contributed by atoms with Gasteiger partial charge in [-0.25, -0.2) is 9.97 Å². The van der Waals surface area contributed by atoms with Gasteiger partial charge in [0.25, 0.3) is 5.91 Å². The summed E-state index contributed by atoms with van der Waals surface area (Å²) in [4.78, 5) is 25.2. The van der Waals surface area contributed by atoms with Gasteiger partial charge in [0.15, 0.2) is 5.13 Å². The third kappa shape index (κ3) is 5.42. The van der Waals surface area contributed by atoms with Gasteiger partial charge in [0.1, 0.15) is 29.6 Å². The summed E-state index contributed by atoms with van der Waals surface area (Å²) in [6, 6.07) is 23.1. The van der Waals surface area contributed by atoms with E-state index < -0.39 is 0 Å². The lowest BCUT2D eigenvalue weighted by molar-refractivity contribution is 0.102. The number of hydrogen-bond donors (Lipinski definition) is 2. The van der Waals surface area contributed by atoms with E-state index in [4.69, 9.17) is 21.3 Å². The highest BCUT2D eigenvalue weighted by molar-refractivity contribution is 7.13. The van der Waals surface area contributed by atoms with E-state index >= 15 is 0 Å². The van der Waals surface area contributed by atoms with Crippen LogP contribution in [0.2, 0.25) is 5.02 Å². The van der Waals surface area contributed by atoms with E-state index in [1.807, 2.05) is 85.1 Å². The second-order valence-corrected chi connectivity index (χ2v) is 9.24. The molecule has 0 radical (unpaired) electrons. The Morgan fingerprint density at radius 3 is 2.40 bits per heavy atom. The number of carbonyl (C=O) groups excluding carboxylic acids is 1. The molecule has 6 nitrogen and oxygen atoms in total. The largest absolute Gasteiger partial charge is 0.489 e. The number of aromatic nitrogens is 3. The maximum absolute atomic E-state index is 13.1. The van der Waals surface area contributed by atoms with Crippen LogP contribution in [0, 0.1) is 6.92 Å². The van der Waals surface area contributed by atoms with Gasteiger partial charge in [0.05, 0.1) is 0 Å². The fourth-order valence-corrected chi connectivity index (χ4v) is 4.15. The van der Waals surface area contributed by atoms with Crippen molar-refractivity contribution in [1.82, 2.24) is 15.0 Å². The van der Waals surface area contributed by atoms with Crippen molar-refractivity contribution in [1.29, 1.82) is 0 Å². The van der Waals surface area contributed by atoms with E-state index in [0.29, 0.717) is 34.0 Å². The number of H-pyrrole nitrogens is 1. The van der Waals surface area contributed by atoms with Crippen molar-refractivity contribution in [3.8, 4) is 28.4 Å². The quantitative estimate of drug-likeness (QED) is 0.252. The Morgan fingerprint density at radius 1 is 1.00 bits per heavy atom. The van der Waals surface area contributed by atoms with Gasteiger partial charge >= 0.3 is 0 Å². The van der Waals surface area contributed by atoms with Crippen LogP contribution >= 0.6 is 22.9 Å². The van der Waals surface area contributed by atoms with Crippen LogP contribution in [0.5, 0.6) is 5.75 Å². The highest BCUT2D eigenvalue weighted by Gasteiger charge is 2.20. The average molecular weight is 501 g/mol. The number of rotatable bonds is 7. The van der Waals surface area contributed by atoms with Crippen molar-refractivity contribution in [2.75, 3.05) is 5.32 Å². The van der Waals surface area contributed by atoms with Crippen molar-refractivity contribution in [2.24, 2.45) is 0 Å². The van der Waals surface area contributed by atoms with E-state index in [-0.39, 0.29) is 5.91 Å². The van der Waals surface area contributed by atoms with Gasteiger partial charge in [0, 0.05) is 27.7 Å². The van der Waals surface area contributed by atoms with Crippen LogP contribution in [0.1, 0.15) is 21.6 Å². The van der Waals surface area contributed by atoms with Gasteiger partial charge in [-0.3, -0.25) is 10.1 Å². The maximum atomic E-state index is 13.1. The minimum Gasteiger partial charge on any atom is -0.489 e. The van der Waals surface area contributed by atoms with Crippen LogP contribution in [0.15, 0.2) is 84.4 Å². The number of nitrogens with one attached hydrogen (secondary N) is 2. The van der Waals surface area contributed by atoms with Crippen LogP contribution < -0.4 is 10.1 Å². The Morgan fingerprint density at radius 2 is 1.71 bits per heavy atom. The zero-order valence-electron chi connectivity index (χ0n) is 18.8. The molecule has 5 aromatic rings. The van der Waals surface area contributed by atoms with Crippen molar-refractivity contribution in [3.63, 3.8) is 0 Å². The molecule has 0 aliphatic heterocycles. The summed E-state index contributed by atoms with van der Waals surface area (Å²) in [5.41, 5.74) is 4.81. The molecule has 2 N–H and O–H groups in total. The van der Waals surface area contributed by atoms with Crippen LogP contribution in [0.25, 0.3) is 22.6 Å². The Balaban J connectivity index is 1.40. The van der Waals surface area contributed by atoms with E-state index in [1.165, 1.54) is 11.3 Å². The van der Waals surface area contributed by atoms with E-state index in [2.05, 4.69) is 15.3 Å². The smallest absolute Gasteiger partial charge is 0.276 e. The van der Waals surface area contributed by atoms with Crippen LogP contribution in [0.4, 0.5) is 5.13 Å². The third-order valence-electron chi connectivity index (χ3n) is 5.36. The zero-order valence-corrected chi connectivity index (χ0v) is 20.4. The highest BCUT2D eigenvalue weighted by Crippen LogP contribution is 2.28. The number of aromatic amines is 1. The molecule has 8 heteroatoms. The summed E-state index contributed by atoms with van der Waals surface area (Å²) in [7, 11) is 0. The first-order chi connectivity index (χ1) is 17.0. The van der Waals surface area contributed by atoms with Gasteiger partial charge in [-0.15, -0.1) is 11.3 Å². The highest BCUT2D eigenvalue weighted by atomic mass is 35.5. The number of carbonyl (C=O) groups is 1. The van der Waals surface area contributed by atoms with Crippen LogP contribution in [-0.4, -0.2) is 20.9 Å². The van der Waals surface area contributed by atoms with Crippen molar-refractivity contribution < 1.29 is 9.53 Å². The second kappa shape index (κ2) is 10.1. The molecule has 3 aromatic carbocycles. The molecule has 0 saturated heterocycles. The first kappa shape index (κ1) is 22.8. The normalized spacial score (nSPS) is 10.8. The molecule has 5 rings (SSSR count). The number of thiazole rings is 1. The van der Waals surface area contributed by atoms with Crippen LogP contribution in [0.3, 0.4) is 0 Å². The molecule has 1 amide bonds. The Kier molecular flexibility index (Phi) is 6.61. The minimum absolute atomic E-state index is 0.294. The first-order valence-electron chi connectivity index (χ1n) is 10.9. The molecule has 0 aliphatic carbocycles. The minimum atomic E-state index is -0.294. The monoisotopic (exact) mass is 500 g/mol. The molecule has 2 heterocycles. The number of nitrogens with zero attached hydrogens (tertiary/aromatic N) is 2. The summed E-state index contributed by atoms with van der Waals surface area (Å²) in [6.07, 6.45) is 1.65. The number of imidazole rings is 1. The predicted octanol–water partition coefficient (Wildman–Crippen LogP) is 6.99. The lowest BCUT2D eigenvalue weighted by atomic mass is 10.1. The molecular weight excluding hydrogens is 480 g/mol. The third-order valence-corrected chi connectivity index (χ3v) is 6.30. The molecule has 2 aromatic heterocycles. The molecule has 174 valence electrons. The molecule has 0 spiro atoms. The number of anilines is 1. The summed E-state index contributed by atoms with van der Waals surface area (Å²) in [5.74, 6) is 1.03. The number of aryl methyl sites for hydroxylation is 1. The van der Waals surface area contributed by atoms with E-state index in [9.17, 15) is 4.79 Å². The van der Waals surface area contributed by atoms with Crippen LogP contribution in [-0.2, 0) is 6.61 Å². The van der Waals surface area contributed by atoms with Gasteiger partial charge < -0.3 is 9.72 Å². The van der Waals surface area contributed by atoms with E-state index in [1.54, 1.807) is 6.20 Å². The zero-order chi connectivity index (χ0) is 24.2. The molecule has 35 heavy (non-hydrogen) atoms. The van der Waals surface area contributed by atoms with Gasteiger partial charge in [-0.05, 0) is 48.9 Å². The fraction of sp³-hybridized carbons (Fsp3) is 0.0741. The topological polar surface area (TPSA) is 79.9 Å². The molecule has 0 saturated carbocycles. The Bertz CT molecular complexity index is 1430. The Labute approximate surface area is 211 Å². The number of halogens is 1. The summed E-state index contributed by atoms with van der Waals surface area (Å²) < 4.78 is 5.89. The fourth-order valence-electron chi connectivity index (χ4n) is 3.50. The summed E-state index contributed by atoms with van der Waals surface area (Å²) >= 11 is 7.30. The molecule has 0 unspecified atom stereocenters. The lowest BCUT2D eigenvalue weighted by Crippen LogP contribution is -2.13. The number of ether oxygens (including phenoxy) is 1. The van der Waals surface area contributed by atoms with Crippen molar-refractivity contribution >= 4 is 34.0 Å². The Hall–Kier alpha value is -3.94. The molecule has 0 atom stereocenters. The van der Waals surface area contributed by atoms with Crippen molar-refractivity contribution in [3.05, 3.63) is 106 Å².